The van der Waals surface area contributed by atoms with Crippen molar-refractivity contribution in [2.45, 2.75) is 32.7 Å². The molecule has 1 atom stereocenters. The Morgan fingerprint density at radius 3 is 2.27 bits per heavy atom. The number of fused-ring (bicyclic) bond motifs is 1. The zero-order valence-electron chi connectivity index (χ0n) is 23.2. The maximum Gasteiger partial charge on any atom is 0.338 e. The number of ether oxygens (including phenoxy) is 5. The van der Waals surface area contributed by atoms with Crippen molar-refractivity contribution in [1.82, 2.24) is 4.57 Å². The average Bonchev–Trinajstić information content (AvgIpc) is 3.25. The molecule has 3 aromatic rings. The highest BCUT2D eigenvalue weighted by molar-refractivity contribution is 7.07. The zero-order valence-corrected chi connectivity index (χ0v) is 24.8. The number of carbonyl (C=O) groups is 1. The molecule has 0 spiro atoms. The van der Waals surface area contributed by atoms with Gasteiger partial charge in [-0.05, 0) is 55.3 Å². The summed E-state index contributed by atoms with van der Waals surface area (Å²) in [4.78, 5) is 32.7. The van der Waals surface area contributed by atoms with Gasteiger partial charge in [-0.25, -0.2) is 9.79 Å². The fraction of sp³-hybridized carbons (Fsp3) is 0.345. The second-order valence-corrected chi connectivity index (χ2v) is 10.2. The Hall–Kier alpha value is -3.76. The highest BCUT2D eigenvalue weighted by atomic mass is 35.5. The smallest absolute Gasteiger partial charge is 0.338 e. The van der Waals surface area contributed by atoms with Gasteiger partial charge in [0.25, 0.3) is 5.56 Å². The number of aromatic nitrogens is 1. The van der Waals surface area contributed by atoms with Gasteiger partial charge < -0.3 is 23.7 Å². The number of halogens is 1. The highest BCUT2D eigenvalue weighted by Gasteiger charge is 2.36. The summed E-state index contributed by atoms with van der Waals surface area (Å²) in [5.74, 6) is 1.29. The van der Waals surface area contributed by atoms with E-state index < -0.39 is 12.0 Å². The van der Waals surface area contributed by atoms with Crippen LogP contribution in [0.2, 0.25) is 5.02 Å². The first-order valence-corrected chi connectivity index (χ1v) is 13.9. The zero-order chi connectivity index (χ0) is 29.0. The molecule has 0 N–H and O–H groups in total. The van der Waals surface area contributed by atoms with E-state index in [9.17, 15) is 9.59 Å². The topological polar surface area (TPSA) is 97.6 Å². The molecule has 0 aliphatic carbocycles. The van der Waals surface area contributed by atoms with Gasteiger partial charge in [0, 0.05) is 10.6 Å². The minimum absolute atomic E-state index is 0.173. The predicted molar refractivity (Wildman–Crippen MR) is 154 cm³/mol. The molecule has 1 aliphatic rings. The van der Waals surface area contributed by atoms with Crippen LogP contribution in [0.4, 0.5) is 0 Å². The highest BCUT2D eigenvalue weighted by Crippen LogP contribution is 2.39. The fourth-order valence-corrected chi connectivity index (χ4v) is 5.87. The van der Waals surface area contributed by atoms with E-state index in [2.05, 4.69) is 0 Å². The second-order valence-electron chi connectivity index (χ2n) is 8.76. The maximum absolute atomic E-state index is 14.1. The molecule has 9 nitrogen and oxygen atoms in total. The SMILES string of the molecule is CCCC1=C(C(=O)OCC)[C@H](c2cc(Cl)ccc2OC)n2c(s/c(=C/c3cc(OC)c(OC)c(OC)c3)c2=O)=N1. The summed E-state index contributed by atoms with van der Waals surface area (Å²) in [6.45, 7) is 3.91. The molecular formula is C29H31ClN2O7S. The molecule has 212 valence electrons. The third-order valence-electron chi connectivity index (χ3n) is 6.36. The van der Waals surface area contributed by atoms with Gasteiger partial charge in [-0.3, -0.25) is 9.36 Å². The minimum atomic E-state index is -0.854. The largest absolute Gasteiger partial charge is 0.496 e. The van der Waals surface area contributed by atoms with Crippen LogP contribution in [0.25, 0.3) is 6.08 Å². The van der Waals surface area contributed by atoms with E-state index in [-0.39, 0.29) is 17.7 Å². The second kappa shape index (κ2) is 12.6. The number of carbonyl (C=O) groups excluding carboxylic acids is 1. The van der Waals surface area contributed by atoms with Crippen LogP contribution in [0.5, 0.6) is 23.0 Å². The van der Waals surface area contributed by atoms with Crippen LogP contribution < -0.4 is 33.8 Å². The van der Waals surface area contributed by atoms with Crippen LogP contribution >= 0.6 is 22.9 Å². The Balaban J connectivity index is 2.04. The Bertz CT molecular complexity index is 1620. The number of methoxy groups -OCH3 is 4. The van der Waals surface area contributed by atoms with Gasteiger partial charge in [-0.2, -0.15) is 0 Å². The van der Waals surface area contributed by atoms with E-state index in [1.54, 1.807) is 43.3 Å². The van der Waals surface area contributed by atoms with Crippen LogP contribution in [0.3, 0.4) is 0 Å². The van der Waals surface area contributed by atoms with Gasteiger partial charge in [-0.15, -0.1) is 0 Å². The molecule has 40 heavy (non-hydrogen) atoms. The van der Waals surface area contributed by atoms with Crippen molar-refractivity contribution >= 4 is 35.0 Å². The van der Waals surface area contributed by atoms with Gasteiger partial charge in [0.05, 0.1) is 50.8 Å². The number of hydrogen-bond donors (Lipinski definition) is 0. The molecule has 1 aromatic heterocycles. The minimum Gasteiger partial charge on any atom is -0.496 e. The molecule has 2 heterocycles. The number of rotatable bonds is 10. The Morgan fingerprint density at radius 2 is 1.70 bits per heavy atom. The molecule has 1 aliphatic heterocycles. The molecular weight excluding hydrogens is 556 g/mol. The van der Waals surface area contributed by atoms with Crippen molar-refractivity contribution in [2.24, 2.45) is 4.99 Å². The maximum atomic E-state index is 14.1. The lowest BCUT2D eigenvalue weighted by Crippen LogP contribution is -2.40. The summed E-state index contributed by atoms with van der Waals surface area (Å²) in [6.07, 6.45) is 2.99. The lowest BCUT2D eigenvalue weighted by atomic mass is 9.93. The van der Waals surface area contributed by atoms with Gasteiger partial charge in [0.15, 0.2) is 16.3 Å². The quantitative estimate of drug-likeness (QED) is 0.327. The van der Waals surface area contributed by atoms with Crippen LogP contribution in [0.15, 0.2) is 51.4 Å². The number of esters is 1. The van der Waals surface area contributed by atoms with Crippen molar-refractivity contribution in [3.63, 3.8) is 0 Å². The summed E-state index contributed by atoms with van der Waals surface area (Å²) in [6, 6.07) is 7.76. The number of hydrogen-bond acceptors (Lipinski definition) is 9. The first-order chi connectivity index (χ1) is 19.3. The average molecular weight is 587 g/mol. The predicted octanol–water partition coefficient (Wildman–Crippen LogP) is 4.27. The Kier molecular flexibility index (Phi) is 9.21. The lowest BCUT2D eigenvalue weighted by Gasteiger charge is -2.27. The fourth-order valence-electron chi connectivity index (χ4n) is 4.67. The first-order valence-electron chi connectivity index (χ1n) is 12.7. The van der Waals surface area contributed by atoms with Crippen LogP contribution in [-0.2, 0) is 9.53 Å². The summed E-state index contributed by atoms with van der Waals surface area (Å²) in [7, 11) is 6.11. The first kappa shape index (κ1) is 29.2. The van der Waals surface area contributed by atoms with Crippen molar-refractivity contribution in [3.8, 4) is 23.0 Å². The van der Waals surface area contributed by atoms with Gasteiger partial charge >= 0.3 is 5.97 Å². The number of benzene rings is 2. The third kappa shape index (κ3) is 5.46. The van der Waals surface area contributed by atoms with E-state index in [4.69, 9.17) is 40.3 Å². The molecule has 0 saturated carbocycles. The van der Waals surface area contributed by atoms with E-state index in [0.29, 0.717) is 60.6 Å². The summed E-state index contributed by atoms with van der Waals surface area (Å²) in [5.41, 5.74) is 1.74. The van der Waals surface area contributed by atoms with E-state index in [0.717, 1.165) is 6.42 Å². The summed E-state index contributed by atoms with van der Waals surface area (Å²) in [5, 5.41) is 0.438. The molecule has 0 saturated heterocycles. The standard InChI is InChI=1S/C29H31ClN2O7S/c1-7-9-19-24(28(34)39-8-2)25(18-15-17(30)10-11-20(18)35-3)32-27(33)23(40-29(32)31-19)14-16-12-21(36-4)26(38-6)22(13-16)37-5/h10-15,25H,7-9H2,1-6H3/b23-14+/t25-/m0/s1. The van der Waals surface area contributed by atoms with Crippen molar-refractivity contribution in [1.29, 1.82) is 0 Å². The van der Waals surface area contributed by atoms with Crippen LogP contribution in [-0.4, -0.2) is 45.6 Å². The third-order valence-corrected chi connectivity index (χ3v) is 7.58. The molecule has 2 aromatic carbocycles. The van der Waals surface area contributed by atoms with E-state index in [1.165, 1.54) is 44.3 Å². The number of thiazole rings is 1. The van der Waals surface area contributed by atoms with Gasteiger partial charge in [0.2, 0.25) is 5.75 Å². The lowest BCUT2D eigenvalue weighted by molar-refractivity contribution is -0.139. The molecule has 0 amide bonds. The number of allylic oxidation sites excluding steroid dienone is 1. The Labute approximate surface area is 240 Å². The number of nitrogens with zero attached hydrogens (tertiary/aromatic N) is 2. The normalized spacial score (nSPS) is 14.9. The molecule has 11 heteroatoms. The van der Waals surface area contributed by atoms with E-state index in [1.807, 2.05) is 6.92 Å². The summed E-state index contributed by atoms with van der Waals surface area (Å²) < 4.78 is 29.4. The summed E-state index contributed by atoms with van der Waals surface area (Å²) >= 11 is 7.63. The molecule has 0 fully saturated rings. The van der Waals surface area contributed by atoms with Crippen molar-refractivity contribution in [3.05, 3.63) is 77.4 Å². The van der Waals surface area contributed by atoms with Crippen molar-refractivity contribution in [2.75, 3.05) is 35.0 Å². The van der Waals surface area contributed by atoms with Gasteiger partial charge in [0.1, 0.15) is 11.8 Å². The molecule has 4 rings (SSSR count). The molecule has 0 bridgehead atoms. The Morgan fingerprint density at radius 1 is 1.02 bits per heavy atom. The monoisotopic (exact) mass is 586 g/mol. The van der Waals surface area contributed by atoms with Crippen LogP contribution in [0.1, 0.15) is 43.9 Å². The molecule has 0 unspecified atom stereocenters. The van der Waals surface area contributed by atoms with Crippen LogP contribution in [0, 0.1) is 0 Å². The van der Waals surface area contributed by atoms with Crippen molar-refractivity contribution < 1.29 is 28.5 Å². The molecule has 0 radical (unpaired) electrons. The van der Waals surface area contributed by atoms with E-state index >= 15 is 0 Å². The van der Waals surface area contributed by atoms with Gasteiger partial charge in [-0.1, -0.05) is 36.3 Å².